The predicted molar refractivity (Wildman–Crippen MR) is 129 cm³/mol. The highest BCUT2D eigenvalue weighted by atomic mass is 35.5. The Morgan fingerprint density at radius 2 is 1.77 bits per heavy atom. The third kappa shape index (κ3) is 4.63. The number of benzene rings is 3. The number of rotatable bonds is 4. The van der Waals surface area contributed by atoms with Crippen LogP contribution in [-0.4, -0.2) is 18.2 Å². The summed E-state index contributed by atoms with van der Waals surface area (Å²) < 4.78 is 53.3. The fourth-order valence-electron chi connectivity index (χ4n) is 4.22. The lowest BCUT2D eigenvalue weighted by atomic mass is 10.00. The Morgan fingerprint density at radius 3 is 2.49 bits per heavy atom. The number of alkyl halides is 3. The van der Waals surface area contributed by atoms with E-state index in [4.69, 9.17) is 32.4 Å². The summed E-state index contributed by atoms with van der Waals surface area (Å²) >= 11 is 12.2. The van der Waals surface area contributed by atoms with Gasteiger partial charge in [-0.1, -0.05) is 59.6 Å². The lowest BCUT2D eigenvalue weighted by molar-refractivity contribution is -0.152. The summed E-state index contributed by atoms with van der Waals surface area (Å²) in [6.07, 6.45) is -4.28. The standard InChI is InChI=1S/C26H18Cl2F3NO3/c27-17-7-6-15(20(28)12-17)10-11-32-13-19-21(34-14-32)9-8-18-23(33)22(16-4-2-1-3-5-16)25(26(29,30)31)35-24(18)19/h1-9,12H,10-11,13-14H2. The maximum absolute atomic E-state index is 14.0. The third-order valence-electron chi connectivity index (χ3n) is 5.94. The smallest absolute Gasteiger partial charge is 0.450 e. The summed E-state index contributed by atoms with van der Waals surface area (Å²) in [6, 6.07) is 16.0. The highest BCUT2D eigenvalue weighted by Crippen LogP contribution is 2.40. The maximum Gasteiger partial charge on any atom is 0.450 e. The molecule has 1 aliphatic heterocycles. The zero-order valence-corrected chi connectivity index (χ0v) is 19.7. The van der Waals surface area contributed by atoms with Crippen molar-refractivity contribution in [2.45, 2.75) is 19.1 Å². The lowest BCUT2D eigenvalue weighted by Crippen LogP contribution is -2.34. The van der Waals surface area contributed by atoms with Gasteiger partial charge in [0.25, 0.3) is 0 Å². The minimum Gasteiger partial charge on any atom is -0.478 e. The highest BCUT2D eigenvalue weighted by Gasteiger charge is 2.40. The van der Waals surface area contributed by atoms with Gasteiger partial charge in [0.1, 0.15) is 18.1 Å². The summed E-state index contributed by atoms with van der Waals surface area (Å²) in [5, 5.41) is 1.14. The Bertz CT molecular complexity index is 1470. The number of ether oxygens (including phenoxy) is 1. The van der Waals surface area contributed by atoms with Gasteiger partial charge in [-0.05, 0) is 41.8 Å². The van der Waals surface area contributed by atoms with Gasteiger partial charge in [-0.3, -0.25) is 9.69 Å². The molecule has 180 valence electrons. The van der Waals surface area contributed by atoms with Crippen LogP contribution < -0.4 is 10.2 Å². The van der Waals surface area contributed by atoms with E-state index < -0.39 is 22.9 Å². The van der Waals surface area contributed by atoms with Crippen molar-refractivity contribution in [3.05, 3.63) is 97.8 Å². The molecule has 35 heavy (non-hydrogen) atoms. The molecule has 0 atom stereocenters. The van der Waals surface area contributed by atoms with Crippen LogP contribution in [0.25, 0.3) is 22.1 Å². The first-order valence-corrected chi connectivity index (χ1v) is 11.5. The first kappa shape index (κ1) is 23.7. The molecular weight excluding hydrogens is 502 g/mol. The molecule has 2 heterocycles. The van der Waals surface area contributed by atoms with Gasteiger partial charge in [0.05, 0.1) is 16.5 Å². The van der Waals surface area contributed by atoms with Gasteiger partial charge in [0.15, 0.2) is 0 Å². The molecule has 3 aromatic carbocycles. The molecule has 0 radical (unpaired) electrons. The zero-order chi connectivity index (χ0) is 24.7. The van der Waals surface area contributed by atoms with Gasteiger partial charge in [-0.2, -0.15) is 13.2 Å². The van der Waals surface area contributed by atoms with E-state index in [1.165, 1.54) is 18.2 Å². The van der Waals surface area contributed by atoms with E-state index in [0.29, 0.717) is 34.3 Å². The Labute approximate surface area is 208 Å². The molecule has 0 aliphatic carbocycles. The Kier molecular flexibility index (Phi) is 6.25. The van der Waals surface area contributed by atoms with Crippen molar-refractivity contribution in [1.29, 1.82) is 0 Å². The Morgan fingerprint density at radius 1 is 1.00 bits per heavy atom. The monoisotopic (exact) mass is 519 g/mol. The van der Waals surface area contributed by atoms with E-state index in [2.05, 4.69) is 0 Å². The van der Waals surface area contributed by atoms with E-state index >= 15 is 0 Å². The fraction of sp³-hybridized carbons (Fsp3) is 0.192. The number of hydrogen-bond donors (Lipinski definition) is 0. The van der Waals surface area contributed by atoms with Crippen molar-refractivity contribution >= 4 is 34.2 Å². The topological polar surface area (TPSA) is 42.7 Å². The molecular formula is C26H18Cl2F3NO3. The van der Waals surface area contributed by atoms with Gasteiger partial charge in [0.2, 0.25) is 11.2 Å². The van der Waals surface area contributed by atoms with E-state index in [1.807, 2.05) is 11.0 Å². The third-order valence-corrected chi connectivity index (χ3v) is 6.52. The summed E-state index contributed by atoms with van der Waals surface area (Å²) in [5.74, 6) is -0.929. The van der Waals surface area contributed by atoms with Gasteiger partial charge >= 0.3 is 6.18 Å². The molecule has 0 bridgehead atoms. The van der Waals surface area contributed by atoms with Crippen LogP contribution in [0.15, 0.2) is 69.9 Å². The average molecular weight is 520 g/mol. The maximum atomic E-state index is 14.0. The molecule has 5 rings (SSSR count). The number of fused-ring (bicyclic) bond motifs is 3. The SMILES string of the molecule is O=c1c(-c2ccccc2)c(C(F)(F)F)oc2c3c(ccc12)OCN(CCc1ccc(Cl)cc1Cl)C3. The zero-order valence-electron chi connectivity index (χ0n) is 18.2. The minimum absolute atomic E-state index is 0.0711. The Balaban J connectivity index is 1.55. The number of halogens is 5. The molecule has 9 heteroatoms. The normalized spacial score (nSPS) is 14.1. The first-order chi connectivity index (χ1) is 16.7. The van der Waals surface area contributed by atoms with Crippen molar-refractivity contribution in [3.63, 3.8) is 0 Å². The molecule has 0 spiro atoms. The molecule has 0 amide bonds. The number of nitrogens with zero attached hydrogens (tertiary/aromatic N) is 1. The molecule has 0 fully saturated rings. The lowest BCUT2D eigenvalue weighted by Gasteiger charge is -2.29. The van der Waals surface area contributed by atoms with Gasteiger partial charge < -0.3 is 9.15 Å². The van der Waals surface area contributed by atoms with Crippen LogP contribution in [0.3, 0.4) is 0 Å². The molecule has 1 aliphatic rings. The summed E-state index contributed by atoms with van der Waals surface area (Å²) in [6.45, 7) is 1.01. The largest absolute Gasteiger partial charge is 0.478 e. The van der Waals surface area contributed by atoms with E-state index in [1.54, 1.807) is 36.4 Å². The molecule has 0 saturated heterocycles. The molecule has 4 aromatic rings. The van der Waals surface area contributed by atoms with E-state index in [9.17, 15) is 18.0 Å². The van der Waals surface area contributed by atoms with E-state index in [-0.39, 0.29) is 29.8 Å². The van der Waals surface area contributed by atoms with Crippen molar-refractivity contribution in [3.8, 4) is 16.9 Å². The molecule has 0 unspecified atom stereocenters. The second-order valence-corrected chi connectivity index (χ2v) is 9.07. The Hall–Kier alpha value is -3.00. The summed E-state index contributed by atoms with van der Waals surface area (Å²) in [5.41, 5.74) is 0.0742. The van der Waals surface area contributed by atoms with Gasteiger partial charge in [-0.15, -0.1) is 0 Å². The van der Waals surface area contributed by atoms with Crippen LogP contribution in [0.5, 0.6) is 5.75 Å². The molecule has 1 aromatic heterocycles. The van der Waals surface area contributed by atoms with Crippen molar-refractivity contribution in [1.82, 2.24) is 4.90 Å². The van der Waals surface area contributed by atoms with Gasteiger partial charge in [-0.25, -0.2) is 0 Å². The van der Waals surface area contributed by atoms with Crippen LogP contribution in [0.2, 0.25) is 10.0 Å². The van der Waals surface area contributed by atoms with Crippen molar-refractivity contribution in [2.75, 3.05) is 13.3 Å². The molecule has 0 N–H and O–H groups in total. The van der Waals surface area contributed by atoms with Crippen LogP contribution >= 0.6 is 23.2 Å². The highest BCUT2D eigenvalue weighted by molar-refractivity contribution is 6.35. The summed E-state index contributed by atoms with van der Waals surface area (Å²) in [7, 11) is 0. The second kappa shape index (κ2) is 9.22. The fourth-order valence-corrected chi connectivity index (χ4v) is 4.73. The first-order valence-electron chi connectivity index (χ1n) is 10.8. The van der Waals surface area contributed by atoms with Crippen molar-refractivity contribution < 1.29 is 22.3 Å². The average Bonchev–Trinajstić information content (AvgIpc) is 2.83. The summed E-state index contributed by atoms with van der Waals surface area (Å²) in [4.78, 5) is 15.2. The van der Waals surface area contributed by atoms with Gasteiger partial charge in [0, 0.05) is 23.1 Å². The molecule has 0 saturated carbocycles. The number of hydrogen-bond acceptors (Lipinski definition) is 4. The van der Waals surface area contributed by atoms with Crippen LogP contribution in [0.4, 0.5) is 13.2 Å². The molecule has 4 nitrogen and oxygen atoms in total. The minimum atomic E-state index is -4.86. The quantitative estimate of drug-likeness (QED) is 0.286. The predicted octanol–water partition coefficient (Wildman–Crippen LogP) is 7.18. The van der Waals surface area contributed by atoms with E-state index in [0.717, 1.165) is 5.56 Å². The van der Waals surface area contributed by atoms with Crippen LogP contribution in [0.1, 0.15) is 16.9 Å². The van der Waals surface area contributed by atoms with Crippen LogP contribution in [0, 0.1) is 0 Å². The second-order valence-electron chi connectivity index (χ2n) is 8.23. The van der Waals surface area contributed by atoms with Crippen molar-refractivity contribution in [2.24, 2.45) is 0 Å². The van der Waals surface area contributed by atoms with Crippen LogP contribution in [-0.2, 0) is 19.1 Å².